The van der Waals surface area contributed by atoms with Crippen molar-refractivity contribution in [2.24, 2.45) is 0 Å². The van der Waals surface area contributed by atoms with Gasteiger partial charge >= 0.3 is 0 Å². The molecule has 0 radical (unpaired) electrons. The molecule has 2 aromatic carbocycles. The summed E-state index contributed by atoms with van der Waals surface area (Å²) in [4.78, 5) is 42.3. The maximum Gasteiger partial charge on any atom is 0.256 e. The van der Waals surface area contributed by atoms with E-state index in [2.05, 4.69) is 0 Å². The smallest absolute Gasteiger partial charge is 0.256 e. The summed E-state index contributed by atoms with van der Waals surface area (Å²) in [6, 6.07) is 10.4. The van der Waals surface area contributed by atoms with E-state index in [1.807, 2.05) is 4.90 Å². The monoisotopic (exact) mass is 399 g/mol. The number of carbonyl (C=O) groups excluding carboxylic acids is 3. The predicted octanol–water partition coefficient (Wildman–Crippen LogP) is 2.05. The van der Waals surface area contributed by atoms with Crippen molar-refractivity contribution in [2.45, 2.75) is 12.5 Å². The van der Waals surface area contributed by atoms with Crippen LogP contribution in [0.2, 0.25) is 0 Å². The minimum absolute atomic E-state index is 0.0237. The van der Waals surface area contributed by atoms with Crippen molar-refractivity contribution >= 4 is 23.4 Å². The molecule has 1 atom stereocenters. The lowest BCUT2D eigenvalue weighted by Crippen LogP contribution is -2.54. The second kappa shape index (κ2) is 7.71. The minimum atomic E-state index is -0.613. The molecule has 29 heavy (non-hydrogen) atoms. The van der Waals surface area contributed by atoms with Crippen LogP contribution in [0.3, 0.4) is 0 Å². The molecule has 0 N–H and O–H groups in total. The van der Waals surface area contributed by atoms with Gasteiger partial charge in [-0.05, 0) is 36.4 Å². The molecule has 2 saturated heterocycles. The third-order valence-electron chi connectivity index (χ3n) is 5.35. The van der Waals surface area contributed by atoms with Crippen molar-refractivity contribution in [2.75, 3.05) is 31.1 Å². The van der Waals surface area contributed by atoms with Gasteiger partial charge < -0.3 is 4.90 Å². The first kappa shape index (κ1) is 19.2. The van der Waals surface area contributed by atoms with Gasteiger partial charge in [-0.2, -0.15) is 0 Å². The average Bonchev–Trinajstić information content (AvgIpc) is 3.03. The Morgan fingerprint density at radius 3 is 2.21 bits per heavy atom. The number of hydrogen-bond donors (Lipinski definition) is 0. The molecule has 0 saturated carbocycles. The first-order chi connectivity index (χ1) is 14.0. The summed E-state index contributed by atoms with van der Waals surface area (Å²) < 4.78 is 27.0. The fourth-order valence-corrected chi connectivity index (χ4v) is 3.80. The van der Waals surface area contributed by atoms with Crippen molar-refractivity contribution in [3.05, 3.63) is 65.7 Å². The van der Waals surface area contributed by atoms with Gasteiger partial charge in [-0.15, -0.1) is 0 Å². The second-order valence-electron chi connectivity index (χ2n) is 7.07. The van der Waals surface area contributed by atoms with E-state index >= 15 is 0 Å². The summed E-state index contributed by atoms with van der Waals surface area (Å²) in [6.07, 6.45) is 0.0392. The molecule has 8 heteroatoms. The Hall–Kier alpha value is -3.13. The maximum atomic E-state index is 13.9. The van der Waals surface area contributed by atoms with Crippen LogP contribution in [-0.4, -0.2) is 59.7 Å². The first-order valence-corrected chi connectivity index (χ1v) is 9.36. The lowest BCUT2D eigenvalue weighted by atomic mass is 10.1. The highest BCUT2D eigenvalue weighted by Gasteiger charge is 2.43. The van der Waals surface area contributed by atoms with Crippen LogP contribution >= 0.6 is 0 Å². The number of piperazine rings is 1. The zero-order chi connectivity index (χ0) is 20.5. The average molecular weight is 399 g/mol. The van der Waals surface area contributed by atoms with Crippen LogP contribution in [0, 0.1) is 11.6 Å². The summed E-state index contributed by atoms with van der Waals surface area (Å²) in [5.74, 6) is -2.08. The zero-order valence-electron chi connectivity index (χ0n) is 15.6. The number of benzene rings is 2. The molecule has 150 valence electrons. The van der Waals surface area contributed by atoms with Gasteiger partial charge in [-0.3, -0.25) is 19.3 Å². The molecule has 0 bridgehead atoms. The van der Waals surface area contributed by atoms with Crippen molar-refractivity contribution in [1.29, 1.82) is 0 Å². The van der Waals surface area contributed by atoms with E-state index in [0.717, 1.165) is 4.90 Å². The van der Waals surface area contributed by atoms with Crippen LogP contribution < -0.4 is 4.90 Å². The molecule has 0 aromatic heterocycles. The molecule has 3 amide bonds. The number of amides is 3. The van der Waals surface area contributed by atoms with E-state index in [4.69, 9.17) is 0 Å². The van der Waals surface area contributed by atoms with Crippen LogP contribution in [-0.2, 0) is 9.59 Å². The van der Waals surface area contributed by atoms with Crippen LogP contribution in [0.4, 0.5) is 14.5 Å². The summed E-state index contributed by atoms with van der Waals surface area (Å²) >= 11 is 0. The molecular weight excluding hydrogens is 380 g/mol. The lowest BCUT2D eigenvalue weighted by molar-refractivity contribution is -0.123. The van der Waals surface area contributed by atoms with Gasteiger partial charge in [0.1, 0.15) is 11.6 Å². The molecule has 4 rings (SSSR count). The number of halogens is 2. The Labute approximate surface area is 166 Å². The Kier molecular flexibility index (Phi) is 5.10. The summed E-state index contributed by atoms with van der Waals surface area (Å²) in [5.41, 5.74) is 0.368. The van der Waals surface area contributed by atoms with Gasteiger partial charge in [0.25, 0.3) is 11.8 Å². The van der Waals surface area contributed by atoms with Gasteiger partial charge in [-0.1, -0.05) is 12.1 Å². The predicted molar refractivity (Wildman–Crippen MR) is 101 cm³/mol. The Morgan fingerprint density at radius 1 is 0.897 bits per heavy atom. The van der Waals surface area contributed by atoms with Gasteiger partial charge in [0.05, 0.1) is 23.7 Å². The van der Waals surface area contributed by atoms with E-state index in [0.29, 0.717) is 31.9 Å². The molecule has 2 fully saturated rings. The lowest BCUT2D eigenvalue weighted by Gasteiger charge is -2.37. The van der Waals surface area contributed by atoms with Crippen LogP contribution in [0.25, 0.3) is 0 Å². The van der Waals surface area contributed by atoms with Crippen molar-refractivity contribution in [3.8, 4) is 0 Å². The number of hydrogen-bond acceptors (Lipinski definition) is 4. The van der Waals surface area contributed by atoms with E-state index in [1.54, 1.807) is 11.0 Å². The molecule has 0 aliphatic carbocycles. The van der Waals surface area contributed by atoms with Crippen molar-refractivity contribution in [1.82, 2.24) is 9.80 Å². The molecule has 2 heterocycles. The number of nitrogens with zero attached hydrogens (tertiary/aromatic N) is 3. The van der Waals surface area contributed by atoms with E-state index in [-0.39, 0.29) is 29.7 Å². The largest absolute Gasteiger partial charge is 0.336 e. The van der Waals surface area contributed by atoms with Crippen molar-refractivity contribution in [3.63, 3.8) is 0 Å². The van der Waals surface area contributed by atoms with Gasteiger partial charge in [0.2, 0.25) is 5.91 Å². The van der Waals surface area contributed by atoms with Crippen LogP contribution in [0.1, 0.15) is 16.8 Å². The van der Waals surface area contributed by atoms with Crippen molar-refractivity contribution < 1.29 is 23.2 Å². The highest BCUT2D eigenvalue weighted by Crippen LogP contribution is 2.26. The topological polar surface area (TPSA) is 60.9 Å². The maximum absolute atomic E-state index is 13.9. The third-order valence-corrected chi connectivity index (χ3v) is 5.35. The van der Waals surface area contributed by atoms with E-state index in [9.17, 15) is 23.2 Å². The molecular formula is C21H19F2N3O3. The molecule has 0 unspecified atom stereocenters. The standard InChI is InChI=1S/C21H19F2N3O3/c22-14-5-7-15(8-6-14)26-19(27)13-18(21(26)29)24-9-11-25(12-10-24)20(28)16-3-1-2-4-17(16)23/h1-8,18H,9-13H2/t18-/m0/s1. The van der Waals surface area contributed by atoms with E-state index in [1.165, 1.54) is 42.5 Å². The quantitative estimate of drug-likeness (QED) is 0.742. The minimum Gasteiger partial charge on any atom is -0.336 e. The molecule has 2 aliphatic heterocycles. The van der Waals surface area contributed by atoms with Gasteiger partial charge in [-0.25, -0.2) is 13.7 Å². The fraction of sp³-hybridized carbons (Fsp3) is 0.286. The third kappa shape index (κ3) is 3.63. The normalized spacial score (nSPS) is 20.4. The number of carbonyl (C=O) groups is 3. The molecule has 2 aliphatic rings. The van der Waals surface area contributed by atoms with Crippen LogP contribution in [0.15, 0.2) is 48.5 Å². The number of imide groups is 1. The van der Waals surface area contributed by atoms with Crippen LogP contribution in [0.5, 0.6) is 0 Å². The summed E-state index contributed by atoms with van der Waals surface area (Å²) in [7, 11) is 0. The zero-order valence-corrected chi connectivity index (χ0v) is 15.6. The number of anilines is 1. The highest BCUT2D eigenvalue weighted by atomic mass is 19.1. The Balaban J connectivity index is 1.42. The molecule has 0 spiro atoms. The molecule has 2 aromatic rings. The fourth-order valence-electron chi connectivity index (χ4n) is 3.80. The summed E-state index contributed by atoms with van der Waals surface area (Å²) in [5, 5.41) is 0. The summed E-state index contributed by atoms with van der Waals surface area (Å²) in [6.45, 7) is 1.48. The second-order valence-corrected chi connectivity index (χ2v) is 7.07. The highest BCUT2D eigenvalue weighted by molar-refractivity contribution is 6.22. The van der Waals surface area contributed by atoms with Gasteiger partial charge in [0.15, 0.2) is 0 Å². The molecule has 6 nitrogen and oxygen atoms in total. The Bertz CT molecular complexity index is 956. The first-order valence-electron chi connectivity index (χ1n) is 9.36. The Morgan fingerprint density at radius 2 is 1.55 bits per heavy atom. The SMILES string of the molecule is O=C(c1ccccc1F)N1CCN([C@H]2CC(=O)N(c3ccc(F)cc3)C2=O)CC1. The van der Waals surface area contributed by atoms with E-state index < -0.39 is 17.7 Å². The van der Waals surface area contributed by atoms with Gasteiger partial charge in [0, 0.05) is 26.2 Å². The number of rotatable bonds is 3.